The summed E-state index contributed by atoms with van der Waals surface area (Å²) in [4.78, 5) is 14.2. The second-order valence-electron chi connectivity index (χ2n) is 5.88. The average molecular weight is 303 g/mol. The Hall–Kier alpha value is -1.85. The van der Waals surface area contributed by atoms with Crippen LogP contribution < -0.4 is 10.4 Å². The Labute approximate surface area is 129 Å². The van der Waals surface area contributed by atoms with E-state index in [1.807, 2.05) is 12.1 Å². The van der Waals surface area contributed by atoms with E-state index in [1.165, 1.54) is 0 Å². The van der Waals surface area contributed by atoms with Crippen LogP contribution in [0, 0.1) is 0 Å². The second-order valence-corrected chi connectivity index (χ2v) is 5.88. The number of nitrogens with zero attached hydrogens (tertiary/aromatic N) is 1. The van der Waals surface area contributed by atoms with Crippen LogP contribution in [0.2, 0.25) is 0 Å². The van der Waals surface area contributed by atoms with Crippen molar-refractivity contribution in [3.8, 4) is 5.75 Å². The molecule has 0 N–H and O–H groups in total. The van der Waals surface area contributed by atoms with Crippen molar-refractivity contribution < 1.29 is 13.9 Å². The van der Waals surface area contributed by atoms with Crippen LogP contribution >= 0.6 is 0 Å². The third kappa shape index (κ3) is 3.00. The van der Waals surface area contributed by atoms with Crippen LogP contribution in [0.15, 0.2) is 33.5 Å². The number of hydrogen-bond donors (Lipinski definition) is 0. The zero-order chi connectivity index (χ0) is 15.7. The summed E-state index contributed by atoms with van der Waals surface area (Å²) in [6, 6.07) is 7.50. The normalized spacial score (nSPS) is 22.9. The van der Waals surface area contributed by atoms with Crippen molar-refractivity contribution in [1.82, 2.24) is 4.90 Å². The van der Waals surface area contributed by atoms with E-state index in [1.54, 1.807) is 19.2 Å². The van der Waals surface area contributed by atoms with Crippen molar-refractivity contribution in [3.05, 3.63) is 40.2 Å². The number of benzene rings is 1. The molecule has 0 saturated carbocycles. The van der Waals surface area contributed by atoms with E-state index in [9.17, 15) is 4.79 Å². The summed E-state index contributed by atoms with van der Waals surface area (Å²) in [5.41, 5.74) is 1.22. The van der Waals surface area contributed by atoms with E-state index >= 15 is 0 Å². The Morgan fingerprint density at radius 1 is 1.32 bits per heavy atom. The number of hydrogen-bond acceptors (Lipinski definition) is 5. The lowest BCUT2D eigenvalue weighted by atomic mass is 10.1. The molecular weight excluding hydrogens is 282 g/mol. The summed E-state index contributed by atoms with van der Waals surface area (Å²) in [5.74, 6) is 0.682. The van der Waals surface area contributed by atoms with E-state index in [0.717, 1.165) is 17.5 Å². The summed E-state index contributed by atoms with van der Waals surface area (Å²) in [5, 5.41) is 0.951. The van der Waals surface area contributed by atoms with Crippen molar-refractivity contribution >= 4 is 11.0 Å². The van der Waals surface area contributed by atoms with Gasteiger partial charge in [0.2, 0.25) is 0 Å². The predicted octanol–water partition coefficient (Wildman–Crippen LogP) is 2.41. The van der Waals surface area contributed by atoms with E-state index in [0.29, 0.717) is 30.5 Å². The zero-order valence-corrected chi connectivity index (χ0v) is 13.2. The lowest BCUT2D eigenvalue weighted by Crippen LogP contribution is -2.46. The Kier molecular flexibility index (Phi) is 4.18. The fourth-order valence-electron chi connectivity index (χ4n) is 2.88. The zero-order valence-electron chi connectivity index (χ0n) is 13.2. The molecule has 22 heavy (non-hydrogen) atoms. The minimum Gasteiger partial charge on any atom is -0.497 e. The number of rotatable bonds is 3. The highest BCUT2D eigenvalue weighted by Crippen LogP contribution is 2.24. The molecule has 2 atom stereocenters. The molecule has 5 nitrogen and oxygen atoms in total. The monoisotopic (exact) mass is 303 g/mol. The average Bonchev–Trinajstić information content (AvgIpc) is 2.50. The van der Waals surface area contributed by atoms with Gasteiger partial charge < -0.3 is 13.9 Å². The van der Waals surface area contributed by atoms with Gasteiger partial charge in [0.1, 0.15) is 11.3 Å². The van der Waals surface area contributed by atoms with Gasteiger partial charge in [0, 0.05) is 36.7 Å². The molecular formula is C17H21NO4. The predicted molar refractivity (Wildman–Crippen MR) is 84.3 cm³/mol. The first-order valence-electron chi connectivity index (χ1n) is 7.53. The molecule has 0 aliphatic carbocycles. The molecule has 1 aromatic carbocycles. The summed E-state index contributed by atoms with van der Waals surface area (Å²) in [6.45, 7) is 6.50. The van der Waals surface area contributed by atoms with Crippen LogP contribution in [0.5, 0.6) is 5.75 Å². The fraction of sp³-hybridized carbons (Fsp3) is 0.471. The maximum Gasteiger partial charge on any atom is 0.336 e. The van der Waals surface area contributed by atoms with Crippen LogP contribution in [0.25, 0.3) is 11.0 Å². The summed E-state index contributed by atoms with van der Waals surface area (Å²) >= 11 is 0. The minimum atomic E-state index is -0.329. The minimum absolute atomic E-state index is 0.211. The topological polar surface area (TPSA) is 51.9 Å². The molecule has 1 aliphatic heterocycles. The van der Waals surface area contributed by atoms with Gasteiger partial charge in [-0.25, -0.2) is 4.79 Å². The molecule has 1 fully saturated rings. The molecule has 0 radical (unpaired) electrons. The van der Waals surface area contributed by atoms with Gasteiger partial charge in [0.25, 0.3) is 0 Å². The van der Waals surface area contributed by atoms with E-state index < -0.39 is 0 Å². The third-order valence-corrected chi connectivity index (χ3v) is 4.15. The molecule has 1 aliphatic rings. The summed E-state index contributed by atoms with van der Waals surface area (Å²) in [7, 11) is 1.60. The number of morpholine rings is 1. The first-order chi connectivity index (χ1) is 10.6. The van der Waals surface area contributed by atoms with Gasteiger partial charge in [0.05, 0.1) is 19.8 Å². The molecule has 3 rings (SSSR count). The van der Waals surface area contributed by atoms with E-state index in [-0.39, 0.29) is 11.7 Å². The van der Waals surface area contributed by atoms with Crippen molar-refractivity contribution in [3.63, 3.8) is 0 Å². The quantitative estimate of drug-likeness (QED) is 0.815. The molecule has 0 spiro atoms. The van der Waals surface area contributed by atoms with Gasteiger partial charge in [-0.3, -0.25) is 4.90 Å². The molecule has 1 saturated heterocycles. The number of fused-ring (bicyclic) bond motifs is 1. The highest BCUT2D eigenvalue weighted by atomic mass is 16.5. The molecule has 0 bridgehead atoms. The lowest BCUT2D eigenvalue weighted by molar-refractivity contribution is -0.0525. The van der Waals surface area contributed by atoms with Crippen molar-refractivity contribution in [2.24, 2.45) is 0 Å². The van der Waals surface area contributed by atoms with Gasteiger partial charge in [-0.1, -0.05) is 0 Å². The van der Waals surface area contributed by atoms with Crippen LogP contribution in [-0.4, -0.2) is 37.3 Å². The summed E-state index contributed by atoms with van der Waals surface area (Å²) < 4.78 is 16.2. The fourth-order valence-corrected chi connectivity index (χ4v) is 2.88. The van der Waals surface area contributed by atoms with Crippen LogP contribution in [0.3, 0.4) is 0 Å². The lowest BCUT2D eigenvalue weighted by Gasteiger charge is -2.36. The summed E-state index contributed by atoms with van der Waals surface area (Å²) in [6.07, 6.45) is 0.211. The molecule has 0 unspecified atom stereocenters. The molecule has 118 valence electrons. The second kappa shape index (κ2) is 6.10. The van der Waals surface area contributed by atoms with Crippen molar-refractivity contribution in [2.75, 3.05) is 20.3 Å². The molecule has 2 aromatic rings. The Bertz CT molecular complexity index is 724. The third-order valence-electron chi connectivity index (χ3n) is 4.15. The van der Waals surface area contributed by atoms with Gasteiger partial charge in [-0.2, -0.15) is 0 Å². The standard InChI is InChI=1S/C17H21NO4/c1-11-10-21-12(2)8-18(11)9-13-6-17(19)22-16-7-14(20-3)4-5-15(13)16/h4-7,11-12H,8-10H2,1-3H3/t11-,12-/m1/s1. The SMILES string of the molecule is COc1ccc2c(CN3C[C@@H](C)OC[C@H]3C)cc(=O)oc2c1. The number of ether oxygens (including phenoxy) is 2. The Morgan fingerprint density at radius 3 is 2.91 bits per heavy atom. The van der Waals surface area contributed by atoms with Gasteiger partial charge in [0.15, 0.2) is 0 Å². The maximum atomic E-state index is 11.8. The number of methoxy groups -OCH3 is 1. The smallest absolute Gasteiger partial charge is 0.336 e. The van der Waals surface area contributed by atoms with E-state index in [4.69, 9.17) is 13.9 Å². The van der Waals surface area contributed by atoms with Gasteiger partial charge in [-0.15, -0.1) is 0 Å². The first kappa shape index (κ1) is 15.1. The van der Waals surface area contributed by atoms with Crippen molar-refractivity contribution in [2.45, 2.75) is 32.5 Å². The maximum absolute atomic E-state index is 11.8. The first-order valence-corrected chi connectivity index (χ1v) is 7.53. The van der Waals surface area contributed by atoms with Crippen LogP contribution in [-0.2, 0) is 11.3 Å². The molecule has 1 aromatic heterocycles. The van der Waals surface area contributed by atoms with Crippen LogP contribution in [0.1, 0.15) is 19.4 Å². The molecule has 5 heteroatoms. The molecule has 2 heterocycles. The highest BCUT2D eigenvalue weighted by molar-refractivity contribution is 5.81. The van der Waals surface area contributed by atoms with Crippen molar-refractivity contribution in [1.29, 1.82) is 0 Å². The molecule has 0 amide bonds. The largest absolute Gasteiger partial charge is 0.497 e. The van der Waals surface area contributed by atoms with Gasteiger partial charge >= 0.3 is 5.63 Å². The Balaban J connectivity index is 1.97. The highest BCUT2D eigenvalue weighted by Gasteiger charge is 2.24. The Morgan fingerprint density at radius 2 is 2.14 bits per heavy atom. The van der Waals surface area contributed by atoms with Gasteiger partial charge in [-0.05, 0) is 31.5 Å². The van der Waals surface area contributed by atoms with Crippen LogP contribution in [0.4, 0.5) is 0 Å². The van der Waals surface area contributed by atoms with E-state index in [2.05, 4.69) is 18.7 Å².